The number of nitrogens with one attached hydrogen (secondary N) is 2. The Kier molecular flexibility index (Phi) is 10.4. The summed E-state index contributed by atoms with van der Waals surface area (Å²) in [6.07, 6.45) is 6.41. The van der Waals surface area contributed by atoms with Gasteiger partial charge in [0.2, 0.25) is 17.7 Å². The van der Waals surface area contributed by atoms with Crippen LogP contribution in [0.4, 0.5) is 8.78 Å². The van der Waals surface area contributed by atoms with Gasteiger partial charge in [-0.15, -0.1) is 0 Å². The summed E-state index contributed by atoms with van der Waals surface area (Å²) >= 11 is 0. The van der Waals surface area contributed by atoms with Gasteiger partial charge in [-0.3, -0.25) is 14.4 Å². The first-order valence-electron chi connectivity index (χ1n) is 13.4. The number of carbonyl (C=O) groups excluding carboxylic acids is 3. The van der Waals surface area contributed by atoms with Crippen LogP contribution in [0.5, 0.6) is 0 Å². The second-order valence-corrected chi connectivity index (χ2v) is 10.5. The lowest BCUT2D eigenvalue weighted by Crippen LogP contribution is -2.50. The highest BCUT2D eigenvalue weighted by Gasteiger charge is 2.29. The van der Waals surface area contributed by atoms with Crippen LogP contribution in [-0.4, -0.2) is 51.3 Å². The standard InChI is InChI=1S/C28H39F2N5O3/c1-18(2)9-12-25(36)32-23(16-26(37)35-13-7-5-6-8-14-35)28(38)31-19(3)27-33-24(17-34(27)4)21-11-10-20(29)15-22(21)30/h10-11,15,17-19,23H,5-9,12-14,16H2,1-4H3,(H,31,38)(H,32,36)/t19-,23-/m0/s1. The zero-order valence-electron chi connectivity index (χ0n) is 22.7. The molecular formula is C28H39F2N5O3. The van der Waals surface area contributed by atoms with Gasteiger partial charge in [-0.1, -0.05) is 26.7 Å². The number of benzene rings is 1. The molecule has 0 unspecified atom stereocenters. The van der Waals surface area contributed by atoms with E-state index in [-0.39, 0.29) is 30.2 Å². The number of aromatic nitrogens is 2. The first-order valence-corrected chi connectivity index (χ1v) is 13.4. The summed E-state index contributed by atoms with van der Waals surface area (Å²) in [7, 11) is 1.71. The molecule has 3 rings (SSSR count). The maximum Gasteiger partial charge on any atom is 0.243 e. The zero-order chi connectivity index (χ0) is 27.8. The largest absolute Gasteiger partial charge is 0.345 e. The van der Waals surface area contributed by atoms with Gasteiger partial charge in [0.15, 0.2) is 0 Å². The third kappa shape index (κ3) is 8.10. The molecule has 0 radical (unpaired) electrons. The van der Waals surface area contributed by atoms with Crippen molar-refractivity contribution in [3.8, 4) is 11.3 Å². The first kappa shape index (κ1) is 29.3. The van der Waals surface area contributed by atoms with Crippen LogP contribution in [0.15, 0.2) is 24.4 Å². The van der Waals surface area contributed by atoms with Crippen molar-refractivity contribution in [1.29, 1.82) is 0 Å². The van der Waals surface area contributed by atoms with E-state index in [1.54, 1.807) is 29.6 Å². The van der Waals surface area contributed by atoms with Crippen LogP contribution >= 0.6 is 0 Å². The smallest absolute Gasteiger partial charge is 0.243 e. The normalized spacial score (nSPS) is 15.6. The fourth-order valence-electron chi connectivity index (χ4n) is 4.61. The highest BCUT2D eigenvalue weighted by atomic mass is 19.1. The Morgan fingerprint density at radius 3 is 2.34 bits per heavy atom. The molecule has 38 heavy (non-hydrogen) atoms. The number of nitrogens with zero attached hydrogens (tertiary/aromatic N) is 3. The van der Waals surface area contributed by atoms with Gasteiger partial charge >= 0.3 is 0 Å². The molecule has 0 spiro atoms. The number of amides is 3. The van der Waals surface area contributed by atoms with Gasteiger partial charge in [-0.05, 0) is 44.2 Å². The van der Waals surface area contributed by atoms with Gasteiger partial charge in [-0.2, -0.15) is 0 Å². The third-order valence-corrected chi connectivity index (χ3v) is 6.80. The molecule has 1 fully saturated rings. The molecule has 1 saturated heterocycles. The molecule has 10 heteroatoms. The van der Waals surface area contributed by atoms with Crippen molar-refractivity contribution in [3.63, 3.8) is 0 Å². The molecule has 208 valence electrons. The zero-order valence-corrected chi connectivity index (χ0v) is 22.7. The van der Waals surface area contributed by atoms with Gasteiger partial charge < -0.3 is 20.1 Å². The molecule has 1 aliphatic rings. The van der Waals surface area contributed by atoms with Crippen LogP contribution in [0.3, 0.4) is 0 Å². The number of likely N-dealkylation sites (tertiary alicyclic amines) is 1. The Hall–Kier alpha value is -3.30. The molecule has 1 aromatic heterocycles. The summed E-state index contributed by atoms with van der Waals surface area (Å²) < 4.78 is 29.3. The number of rotatable bonds is 10. The average Bonchev–Trinajstić information content (AvgIpc) is 3.04. The predicted molar refractivity (Wildman–Crippen MR) is 141 cm³/mol. The lowest BCUT2D eigenvalue weighted by molar-refractivity contribution is -0.136. The van der Waals surface area contributed by atoms with Crippen LogP contribution in [0.2, 0.25) is 0 Å². The third-order valence-electron chi connectivity index (χ3n) is 6.80. The number of carbonyl (C=O) groups is 3. The lowest BCUT2D eigenvalue weighted by Gasteiger charge is -2.25. The summed E-state index contributed by atoms with van der Waals surface area (Å²) in [5, 5.41) is 5.62. The van der Waals surface area contributed by atoms with Gasteiger partial charge in [0.1, 0.15) is 23.5 Å². The van der Waals surface area contributed by atoms with E-state index in [4.69, 9.17) is 0 Å². The first-order chi connectivity index (χ1) is 18.0. The molecule has 3 amide bonds. The molecule has 0 saturated carbocycles. The summed E-state index contributed by atoms with van der Waals surface area (Å²) in [4.78, 5) is 45.2. The van der Waals surface area contributed by atoms with Crippen LogP contribution in [0.1, 0.15) is 77.6 Å². The summed E-state index contributed by atoms with van der Waals surface area (Å²) in [6, 6.07) is 1.64. The van der Waals surface area contributed by atoms with E-state index in [0.717, 1.165) is 37.8 Å². The number of halogens is 2. The van der Waals surface area contributed by atoms with Crippen molar-refractivity contribution in [2.75, 3.05) is 13.1 Å². The Morgan fingerprint density at radius 1 is 1.03 bits per heavy atom. The van der Waals surface area contributed by atoms with E-state index in [2.05, 4.69) is 15.6 Å². The minimum Gasteiger partial charge on any atom is -0.345 e. The minimum absolute atomic E-state index is 0.126. The molecular weight excluding hydrogens is 492 g/mol. The molecule has 2 heterocycles. The highest BCUT2D eigenvalue weighted by molar-refractivity contribution is 5.92. The van der Waals surface area contributed by atoms with E-state index < -0.39 is 29.6 Å². The van der Waals surface area contributed by atoms with Crippen LogP contribution in [0, 0.1) is 17.6 Å². The second kappa shape index (κ2) is 13.5. The Morgan fingerprint density at radius 2 is 1.71 bits per heavy atom. The second-order valence-electron chi connectivity index (χ2n) is 10.5. The molecule has 2 atom stereocenters. The van der Waals surface area contributed by atoms with Crippen molar-refractivity contribution < 1.29 is 23.2 Å². The van der Waals surface area contributed by atoms with Crippen LogP contribution < -0.4 is 10.6 Å². The number of hydrogen-bond donors (Lipinski definition) is 2. The van der Waals surface area contributed by atoms with Gasteiger partial charge in [0.25, 0.3) is 0 Å². The quantitative estimate of drug-likeness (QED) is 0.479. The highest BCUT2D eigenvalue weighted by Crippen LogP contribution is 2.24. The molecule has 1 aromatic carbocycles. The summed E-state index contributed by atoms with van der Waals surface area (Å²) in [5.74, 6) is -1.56. The maximum atomic E-state index is 14.3. The average molecular weight is 532 g/mol. The Labute approximate surface area is 223 Å². The molecule has 1 aliphatic heterocycles. The van der Waals surface area contributed by atoms with E-state index in [9.17, 15) is 23.2 Å². The van der Waals surface area contributed by atoms with Crippen molar-refractivity contribution >= 4 is 17.7 Å². The topological polar surface area (TPSA) is 96.3 Å². The molecule has 0 bridgehead atoms. The fourth-order valence-corrected chi connectivity index (χ4v) is 4.61. The van der Waals surface area contributed by atoms with Crippen molar-refractivity contribution in [2.45, 2.75) is 77.8 Å². The van der Waals surface area contributed by atoms with E-state index in [1.165, 1.54) is 6.07 Å². The number of aryl methyl sites for hydroxylation is 1. The molecule has 2 N–H and O–H groups in total. The van der Waals surface area contributed by atoms with Gasteiger partial charge in [0, 0.05) is 44.4 Å². The van der Waals surface area contributed by atoms with Crippen molar-refractivity contribution in [2.24, 2.45) is 13.0 Å². The van der Waals surface area contributed by atoms with E-state index in [1.807, 2.05) is 13.8 Å². The maximum absolute atomic E-state index is 14.3. The van der Waals surface area contributed by atoms with Crippen molar-refractivity contribution in [3.05, 3.63) is 41.9 Å². The Bertz CT molecular complexity index is 1130. The predicted octanol–water partition coefficient (Wildman–Crippen LogP) is 4.26. The fraction of sp³-hybridized carbons (Fsp3) is 0.571. The van der Waals surface area contributed by atoms with E-state index in [0.29, 0.717) is 36.9 Å². The monoisotopic (exact) mass is 531 g/mol. The molecule has 0 aliphatic carbocycles. The number of imidazole rings is 1. The lowest BCUT2D eigenvalue weighted by atomic mass is 10.1. The van der Waals surface area contributed by atoms with Crippen molar-refractivity contribution in [1.82, 2.24) is 25.1 Å². The SMILES string of the molecule is CC(C)CCC(=O)N[C@@H](CC(=O)N1CCCCCC1)C(=O)N[C@@H](C)c1nc(-c2ccc(F)cc2F)cn1C. The van der Waals surface area contributed by atoms with E-state index >= 15 is 0 Å². The van der Waals surface area contributed by atoms with Gasteiger partial charge in [-0.25, -0.2) is 13.8 Å². The van der Waals surface area contributed by atoms with Crippen LogP contribution in [-0.2, 0) is 21.4 Å². The summed E-state index contributed by atoms with van der Waals surface area (Å²) in [5.41, 5.74) is 0.445. The number of hydrogen-bond acceptors (Lipinski definition) is 4. The minimum atomic E-state index is -1.03. The molecule has 2 aromatic rings. The Balaban J connectivity index is 1.74. The van der Waals surface area contributed by atoms with Gasteiger partial charge in [0.05, 0.1) is 18.2 Å². The summed E-state index contributed by atoms with van der Waals surface area (Å²) in [6.45, 7) is 7.06. The van der Waals surface area contributed by atoms with Crippen LogP contribution in [0.25, 0.3) is 11.3 Å². The molecule has 8 nitrogen and oxygen atoms in total.